The second kappa shape index (κ2) is 5.28. The van der Waals surface area contributed by atoms with E-state index in [-0.39, 0.29) is 5.91 Å². The summed E-state index contributed by atoms with van der Waals surface area (Å²) in [5, 5.41) is 8.41. The Morgan fingerprint density at radius 1 is 1.50 bits per heavy atom. The van der Waals surface area contributed by atoms with E-state index in [9.17, 15) is 4.79 Å². The molecule has 2 heterocycles. The number of aromatic nitrogens is 2. The lowest BCUT2D eigenvalue weighted by Crippen LogP contribution is -2.46. The lowest BCUT2D eigenvalue weighted by atomic mass is 10.1. The summed E-state index contributed by atoms with van der Waals surface area (Å²) in [6.07, 6.45) is 1.51. The number of hydrogen-bond donors (Lipinski definition) is 1. The molecule has 1 aliphatic rings. The highest BCUT2D eigenvalue weighted by molar-refractivity contribution is 6.30. The van der Waals surface area contributed by atoms with E-state index in [0.29, 0.717) is 24.2 Å². The average molecular weight is 271 g/mol. The molecule has 1 fully saturated rings. The third-order valence-corrected chi connectivity index (χ3v) is 3.94. The summed E-state index contributed by atoms with van der Waals surface area (Å²) in [6, 6.07) is 0.336. The first-order chi connectivity index (χ1) is 8.49. The van der Waals surface area contributed by atoms with E-state index in [2.05, 4.69) is 10.4 Å². The maximum absolute atomic E-state index is 11.4. The van der Waals surface area contributed by atoms with Crippen molar-refractivity contribution in [2.24, 2.45) is 7.05 Å². The van der Waals surface area contributed by atoms with Crippen molar-refractivity contribution >= 4 is 17.5 Å². The highest BCUT2D eigenvalue weighted by Crippen LogP contribution is 2.19. The van der Waals surface area contributed by atoms with Gasteiger partial charge >= 0.3 is 0 Å². The van der Waals surface area contributed by atoms with Crippen molar-refractivity contribution in [2.75, 3.05) is 13.6 Å². The molecule has 1 amide bonds. The van der Waals surface area contributed by atoms with E-state index in [1.54, 1.807) is 9.58 Å². The van der Waals surface area contributed by atoms with Gasteiger partial charge in [0.2, 0.25) is 5.91 Å². The SMILES string of the molecule is Cc1nn(C)c(Cl)c1CNC1CCC(=O)N(C)C1. The minimum absolute atomic E-state index is 0.226. The molecular weight excluding hydrogens is 252 g/mol. The topological polar surface area (TPSA) is 50.2 Å². The Kier molecular flexibility index (Phi) is 3.92. The van der Waals surface area contributed by atoms with Crippen LogP contribution in [0, 0.1) is 6.92 Å². The van der Waals surface area contributed by atoms with Gasteiger partial charge in [-0.3, -0.25) is 9.48 Å². The Hall–Kier alpha value is -1.07. The summed E-state index contributed by atoms with van der Waals surface area (Å²) >= 11 is 6.18. The summed E-state index contributed by atoms with van der Waals surface area (Å²) < 4.78 is 1.68. The van der Waals surface area contributed by atoms with Gasteiger partial charge in [0.15, 0.2) is 0 Å². The molecule has 1 aliphatic heterocycles. The van der Waals surface area contributed by atoms with Crippen LogP contribution >= 0.6 is 11.6 Å². The van der Waals surface area contributed by atoms with Crippen LogP contribution in [0.1, 0.15) is 24.1 Å². The zero-order chi connectivity index (χ0) is 13.3. The maximum atomic E-state index is 11.4. The highest BCUT2D eigenvalue weighted by Gasteiger charge is 2.23. The van der Waals surface area contributed by atoms with E-state index in [1.165, 1.54) is 0 Å². The molecule has 0 aliphatic carbocycles. The predicted octanol–water partition coefficient (Wildman–Crippen LogP) is 1.09. The van der Waals surface area contributed by atoms with Gasteiger partial charge in [0.1, 0.15) is 5.15 Å². The van der Waals surface area contributed by atoms with Crippen molar-refractivity contribution in [3.63, 3.8) is 0 Å². The standard InChI is InChI=1S/C12H19ClN4O/c1-8-10(12(13)17(3)15-8)6-14-9-4-5-11(18)16(2)7-9/h9,14H,4-7H2,1-3H3. The van der Waals surface area contributed by atoms with Gasteiger partial charge in [0.25, 0.3) is 0 Å². The molecule has 0 spiro atoms. The molecule has 1 unspecified atom stereocenters. The van der Waals surface area contributed by atoms with Gasteiger partial charge in [-0.15, -0.1) is 0 Å². The average Bonchev–Trinajstić information content (AvgIpc) is 2.56. The van der Waals surface area contributed by atoms with Crippen LogP contribution in [0.5, 0.6) is 0 Å². The smallest absolute Gasteiger partial charge is 0.222 e. The number of hydrogen-bond acceptors (Lipinski definition) is 3. The lowest BCUT2D eigenvalue weighted by molar-refractivity contribution is -0.132. The van der Waals surface area contributed by atoms with Gasteiger partial charge in [0, 0.05) is 45.2 Å². The number of carbonyl (C=O) groups is 1. The van der Waals surface area contributed by atoms with Crippen molar-refractivity contribution < 1.29 is 4.79 Å². The quantitative estimate of drug-likeness (QED) is 0.895. The molecule has 6 heteroatoms. The van der Waals surface area contributed by atoms with E-state index < -0.39 is 0 Å². The number of nitrogens with zero attached hydrogens (tertiary/aromatic N) is 3. The molecule has 1 aromatic rings. The molecule has 0 saturated carbocycles. The summed E-state index contributed by atoms with van der Waals surface area (Å²) in [6.45, 7) is 3.42. The van der Waals surface area contributed by atoms with Crippen LogP contribution in [0.4, 0.5) is 0 Å². The Morgan fingerprint density at radius 2 is 2.22 bits per heavy atom. The highest BCUT2D eigenvalue weighted by atomic mass is 35.5. The first-order valence-electron chi connectivity index (χ1n) is 6.14. The minimum Gasteiger partial charge on any atom is -0.344 e. The van der Waals surface area contributed by atoms with Crippen LogP contribution in [-0.2, 0) is 18.4 Å². The lowest BCUT2D eigenvalue weighted by Gasteiger charge is -2.30. The first kappa shape index (κ1) is 13.4. The molecule has 0 aromatic carbocycles. The molecule has 1 atom stereocenters. The number of likely N-dealkylation sites (tertiary alicyclic amines) is 1. The summed E-state index contributed by atoms with van der Waals surface area (Å²) in [7, 11) is 3.68. The van der Waals surface area contributed by atoms with Crippen LogP contribution in [0.3, 0.4) is 0 Å². The van der Waals surface area contributed by atoms with Gasteiger partial charge in [-0.1, -0.05) is 11.6 Å². The first-order valence-corrected chi connectivity index (χ1v) is 6.52. The molecule has 18 heavy (non-hydrogen) atoms. The Bertz CT molecular complexity index is 457. The predicted molar refractivity (Wildman–Crippen MR) is 70.5 cm³/mol. The van der Waals surface area contributed by atoms with Crippen LogP contribution in [0.15, 0.2) is 0 Å². The molecule has 100 valence electrons. The summed E-state index contributed by atoms with van der Waals surface area (Å²) in [5.41, 5.74) is 1.99. The number of likely N-dealkylation sites (N-methyl/N-ethyl adjacent to an activating group) is 1. The monoisotopic (exact) mass is 270 g/mol. The summed E-state index contributed by atoms with van der Waals surface area (Å²) in [4.78, 5) is 13.2. The molecular formula is C12H19ClN4O. The number of amides is 1. The minimum atomic E-state index is 0.226. The third-order valence-electron chi connectivity index (χ3n) is 3.46. The fraction of sp³-hybridized carbons (Fsp3) is 0.667. The molecule has 0 bridgehead atoms. The molecule has 1 N–H and O–H groups in total. The number of halogens is 1. The van der Waals surface area contributed by atoms with E-state index in [0.717, 1.165) is 24.2 Å². The molecule has 0 radical (unpaired) electrons. The largest absolute Gasteiger partial charge is 0.344 e. The van der Waals surface area contributed by atoms with Gasteiger partial charge in [-0.25, -0.2) is 0 Å². The maximum Gasteiger partial charge on any atom is 0.222 e. The molecule has 1 aromatic heterocycles. The normalized spacial score (nSPS) is 20.6. The molecule has 2 rings (SSSR count). The number of carbonyl (C=O) groups excluding carboxylic acids is 1. The Balaban J connectivity index is 1.94. The summed E-state index contributed by atoms with van der Waals surface area (Å²) in [5.74, 6) is 0.226. The van der Waals surface area contributed by atoms with Crippen LogP contribution in [0.2, 0.25) is 5.15 Å². The van der Waals surface area contributed by atoms with Crippen molar-refractivity contribution in [3.8, 4) is 0 Å². The third kappa shape index (κ3) is 2.67. The van der Waals surface area contributed by atoms with Crippen LogP contribution in [-0.4, -0.2) is 40.2 Å². The second-order valence-electron chi connectivity index (χ2n) is 4.87. The van der Waals surface area contributed by atoms with Crippen molar-refractivity contribution in [1.82, 2.24) is 20.0 Å². The zero-order valence-electron chi connectivity index (χ0n) is 11.0. The van der Waals surface area contributed by atoms with Crippen LogP contribution < -0.4 is 5.32 Å². The number of aryl methyl sites for hydroxylation is 2. The Morgan fingerprint density at radius 3 is 2.78 bits per heavy atom. The molecule has 5 nitrogen and oxygen atoms in total. The fourth-order valence-corrected chi connectivity index (χ4v) is 2.54. The number of piperidine rings is 1. The van der Waals surface area contributed by atoms with Gasteiger partial charge in [-0.05, 0) is 13.3 Å². The van der Waals surface area contributed by atoms with E-state index >= 15 is 0 Å². The van der Waals surface area contributed by atoms with Crippen LogP contribution in [0.25, 0.3) is 0 Å². The van der Waals surface area contributed by atoms with Gasteiger partial charge in [-0.2, -0.15) is 5.10 Å². The number of nitrogens with one attached hydrogen (secondary N) is 1. The fourth-order valence-electron chi connectivity index (χ4n) is 2.30. The molecule has 1 saturated heterocycles. The second-order valence-corrected chi connectivity index (χ2v) is 5.23. The van der Waals surface area contributed by atoms with Crippen molar-refractivity contribution in [2.45, 2.75) is 32.4 Å². The Labute approximate surface area is 112 Å². The van der Waals surface area contributed by atoms with Gasteiger partial charge < -0.3 is 10.2 Å². The van der Waals surface area contributed by atoms with Gasteiger partial charge in [0.05, 0.1) is 5.69 Å². The van der Waals surface area contributed by atoms with E-state index in [1.807, 2.05) is 21.0 Å². The van der Waals surface area contributed by atoms with Crippen molar-refractivity contribution in [1.29, 1.82) is 0 Å². The van der Waals surface area contributed by atoms with E-state index in [4.69, 9.17) is 11.6 Å². The number of rotatable bonds is 3. The van der Waals surface area contributed by atoms with Crippen molar-refractivity contribution in [3.05, 3.63) is 16.4 Å². The zero-order valence-corrected chi connectivity index (χ0v) is 11.8.